The summed E-state index contributed by atoms with van der Waals surface area (Å²) >= 11 is 0. The van der Waals surface area contributed by atoms with Crippen LogP contribution in [0.4, 0.5) is 5.69 Å². The Kier molecular flexibility index (Phi) is 5.88. The Balaban J connectivity index is 1.87. The van der Waals surface area contributed by atoms with Gasteiger partial charge in [-0.1, -0.05) is 38.1 Å². The summed E-state index contributed by atoms with van der Waals surface area (Å²) in [7, 11) is 3.02. The Morgan fingerprint density at radius 3 is 2.30 bits per heavy atom. The molecule has 2 fully saturated rings. The number of hydrogen-bond donors (Lipinski definition) is 2. The fourth-order valence-corrected chi connectivity index (χ4v) is 5.27. The summed E-state index contributed by atoms with van der Waals surface area (Å²) in [5, 5.41) is 13.6. The van der Waals surface area contributed by atoms with Gasteiger partial charge in [0, 0.05) is 6.04 Å². The van der Waals surface area contributed by atoms with Crippen molar-refractivity contribution in [3.63, 3.8) is 0 Å². The average Bonchev–Trinajstić information content (AvgIpc) is 3.27. The summed E-state index contributed by atoms with van der Waals surface area (Å²) in [5.41, 5.74) is -0.533. The zero-order chi connectivity index (χ0) is 23.9. The lowest BCUT2D eigenvalue weighted by atomic mass is 9.75. The van der Waals surface area contributed by atoms with Crippen molar-refractivity contribution in [3.8, 4) is 11.5 Å². The minimum atomic E-state index is -1.58. The SMILES string of the molecule is COc1ccc([C@@H]2N[C@](CC(C)C)(C(=O)O)[C@@H]3C(=O)N(c4ccccc4OC)C(=O)[C@H]32)cc1. The lowest BCUT2D eigenvalue weighted by Crippen LogP contribution is -2.56. The van der Waals surface area contributed by atoms with Crippen molar-refractivity contribution in [2.45, 2.75) is 31.8 Å². The van der Waals surface area contributed by atoms with E-state index in [2.05, 4.69) is 5.32 Å². The molecule has 2 aliphatic heterocycles. The fourth-order valence-electron chi connectivity index (χ4n) is 5.27. The summed E-state index contributed by atoms with van der Waals surface area (Å²) in [6.45, 7) is 3.81. The van der Waals surface area contributed by atoms with Crippen LogP contribution >= 0.6 is 0 Å². The lowest BCUT2D eigenvalue weighted by molar-refractivity contribution is -0.149. The molecule has 0 bridgehead atoms. The van der Waals surface area contributed by atoms with Crippen LogP contribution in [-0.2, 0) is 14.4 Å². The highest BCUT2D eigenvalue weighted by atomic mass is 16.5. The van der Waals surface area contributed by atoms with Gasteiger partial charge >= 0.3 is 5.97 Å². The molecule has 2 N–H and O–H groups in total. The molecule has 0 unspecified atom stereocenters. The third-order valence-corrected chi connectivity index (χ3v) is 6.57. The van der Waals surface area contributed by atoms with Crippen molar-refractivity contribution in [2.24, 2.45) is 17.8 Å². The number of amides is 2. The number of nitrogens with zero attached hydrogens (tertiary/aromatic N) is 1. The number of carbonyl (C=O) groups is 3. The molecule has 8 heteroatoms. The van der Waals surface area contributed by atoms with E-state index in [1.807, 2.05) is 13.8 Å². The van der Waals surface area contributed by atoms with Gasteiger partial charge in [-0.15, -0.1) is 0 Å². The molecular formula is C25H28N2O6. The summed E-state index contributed by atoms with van der Waals surface area (Å²) in [6, 6.07) is 13.2. The molecule has 4 atom stereocenters. The van der Waals surface area contributed by atoms with E-state index in [1.54, 1.807) is 55.6 Å². The number of rotatable bonds is 7. The first-order valence-electron chi connectivity index (χ1n) is 10.9. The minimum absolute atomic E-state index is 0.0212. The molecule has 174 valence electrons. The van der Waals surface area contributed by atoms with Gasteiger partial charge in [0.25, 0.3) is 0 Å². The highest BCUT2D eigenvalue weighted by molar-refractivity contribution is 6.24. The zero-order valence-electron chi connectivity index (χ0n) is 19.1. The van der Waals surface area contributed by atoms with Gasteiger partial charge in [-0.05, 0) is 42.2 Å². The number of nitrogens with one attached hydrogen (secondary N) is 1. The van der Waals surface area contributed by atoms with Crippen molar-refractivity contribution in [3.05, 3.63) is 54.1 Å². The smallest absolute Gasteiger partial charge is 0.324 e. The first kappa shape index (κ1) is 22.8. The fraction of sp³-hybridized carbons (Fsp3) is 0.400. The Labute approximate surface area is 192 Å². The van der Waals surface area contributed by atoms with Gasteiger partial charge in [0.05, 0.1) is 31.7 Å². The number of carbonyl (C=O) groups excluding carboxylic acids is 2. The number of hydrogen-bond acceptors (Lipinski definition) is 6. The van der Waals surface area contributed by atoms with E-state index in [9.17, 15) is 19.5 Å². The van der Waals surface area contributed by atoms with Crippen LogP contribution in [-0.4, -0.2) is 42.6 Å². The molecule has 2 saturated heterocycles. The molecule has 2 amide bonds. The summed E-state index contributed by atoms with van der Waals surface area (Å²) in [6.07, 6.45) is 0.203. The number of ether oxygens (including phenoxy) is 2. The lowest BCUT2D eigenvalue weighted by Gasteiger charge is -2.32. The Hall–Kier alpha value is -3.39. The van der Waals surface area contributed by atoms with E-state index < -0.39 is 41.2 Å². The summed E-state index contributed by atoms with van der Waals surface area (Å²) in [5.74, 6) is -3.02. The van der Waals surface area contributed by atoms with Crippen LogP contribution in [0.3, 0.4) is 0 Å². The number of benzene rings is 2. The van der Waals surface area contributed by atoms with Crippen LogP contribution < -0.4 is 19.7 Å². The van der Waals surface area contributed by atoms with Crippen LogP contribution in [0, 0.1) is 17.8 Å². The topological polar surface area (TPSA) is 105 Å². The first-order chi connectivity index (χ1) is 15.7. The molecule has 2 aliphatic rings. The largest absolute Gasteiger partial charge is 0.497 e. The number of aliphatic carboxylic acids is 1. The second-order valence-corrected chi connectivity index (χ2v) is 8.96. The number of carboxylic acids is 1. The molecular weight excluding hydrogens is 424 g/mol. The van der Waals surface area contributed by atoms with Crippen molar-refractivity contribution >= 4 is 23.5 Å². The third-order valence-electron chi connectivity index (χ3n) is 6.57. The molecule has 0 radical (unpaired) electrons. The quantitative estimate of drug-likeness (QED) is 0.622. The average molecular weight is 453 g/mol. The minimum Gasteiger partial charge on any atom is -0.497 e. The van der Waals surface area contributed by atoms with Gasteiger partial charge < -0.3 is 14.6 Å². The number of para-hydroxylation sites is 2. The van der Waals surface area contributed by atoms with E-state index >= 15 is 0 Å². The summed E-state index contributed by atoms with van der Waals surface area (Å²) in [4.78, 5) is 41.3. The van der Waals surface area contributed by atoms with Gasteiger partial charge in [-0.3, -0.25) is 19.7 Å². The molecule has 8 nitrogen and oxygen atoms in total. The van der Waals surface area contributed by atoms with Crippen LogP contribution in [0.15, 0.2) is 48.5 Å². The van der Waals surface area contributed by atoms with Gasteiger partial charge in [0.1, 0.15) is 17.0 Å². The van der Waals surface area contributed by atoms with Gasteiger partial charge in [0.2, 0.25) is 11.8 Å². The Bertz CT molecular complexity index is 1080. The normalized spacial score (nSPS) is 26.6. The second-order valence-electron chi connectivity index (χ2n) is 8.96. The molecule has 0 spiro atoms. The van der Waals surface area contributed by atoms with Crippen LogP contribution in [0.25, 0.3) is 0 Å². The number of fused-ring (bicyclic) bond motifs is 1. The van der Waals surface area contributed by atoms with Crippen molar-refractivity contribution in [1.29, 1.82) is 0 Å². The first-order valence-corrected chi connectivity index (χ1v) is 10.9. The molecule has 2 aromatic rings. The second kappa shape index (κ2) is 8.51. The summed E-state index contributed by atoms with van der Waals surface area (Å²) < 4.78 is 10.6. The molecule has 2 aromatic carbocycles. The van der Waals surface area contributed by atoms with Crippen LogP contribution in [0.5, 0.6) is 11.5 Å². The van der Waals surface area contributed by atoms with E-state index in [0.717, 1.165) is 10.5 Å². The number of imide groups is 1. The zero-order valence-corrected chi connectivity index (χ0v) is 19.1. The van der Waals surface area contributed by atoms with E-state index in [4.69, 9.17) is 9.47 Å². The van der Waals surface area contributed by atoms with Gasteiger partial charge in [-0.25, -0.2) is 4.90 Å². The Morgan fingerprint density at radius 1 is 1.06 bits per heavy atom. The predicted octanol–water partition coefficient (Wildman–Crippen LogP) is 3.02. The number of anilines is 1. The molecule has 0 saturated carbocycles. The maximum absolute atomic E-state index is 13.8. The van der Waals surface area contributed by atoms with Crippen molar-refractivity contribution in [2.75, 3.05) is 19.1 Å². The standard InChI is InChI=1S/C25H28N2O6/c1-14(2)13-25(24(30)31)20-19(21(26-25)15-9-11-16(32-3)12-10-15)22(28)27(23(20)29)17-7-5-6-8-18(17)33-4/h5-12,14,19-21,26H,13H2,1-4H3,(H,30,31)/t19-,20+,21+,25+/m1/s1. The van der Waals surface area contributed by atoms with Crippen molar-refractivity contribution in [1.82, 2.24) is 5.32 Å². The van der Waals surface area contributed by atoms with E-state index in [-0.39, 0.29) is 12.3 Å². The third kappa shape index (κ3) is 3.54. The van der Waals surface area contributed by atoms with E-state index in [1.165, 1.54) is 7.11 Å². The maximum Gasteiger partial charge on any atom is 0.324 e. The molecule has 0 aliphatic carbocycles. The predicted molar refractivity (Wildman–Crippen MR) is 121 cm³/mol. The monoisotopic (exact) mass is 452 g/mol. The van der Waals surface area contributed by atoms with Crippen LogP contribution in [0.1, 0.15) is 31.9 Å². The van der Waals surface area contributed by atoms with Crippen LogP contribution in [0.2, 0.25) is 0 Å². The van der Waals surface area contributed by atoms with Gasteiger partial charge in [0.15, 0.2) is 0 Å². The highest BCUT2D eigenvalue weighted by Gasteiger charge is 2.68. The molecule has 4 rings (SSSR count). The molecule has 33 heavy (non-hydrogen) atoms. The Morgan fingerprint density at radius 2 is 1.73 bits per heavy atom. The van der Waals surface area contributed by atoms with Crippen molar-refractivity contribution < 1.29 is 29.0 Å². The van der Waals surface area contributed by atoms with Gasteiger partial charge in [-0.2, -0.15) is 0 Å². The van der Waals surface area contributed by atoms with E-state index in [0.29, 0.717) is 17.2 Å². The molecule has 2 heterocycles. The number of methoxy groups -OCH3 is 2. The maximum atomic E-state index is 13.8. The molecule has 0 aromatic heterocycles. The number of carboxylic acid groups (broad SMARTS) is 1. The highest BCUT2D eigenvalue weighted by Crippen LogP contribution is 2.52.